The lowest BCUT2D eigenvalue weighted by Crippen LogP contribution is -2.32. The Morgan fingerprint density at radius 2 is 1.40 bits per heavy atom. The average molecular weight is 212 g/mol. The molecule has 0 aromatic carbocycles. The van der Waals surface area contributed by atoms with Gasteiger partial charge in [0.25, 0.3) is 0 Å². The SMILES string of the molecule is CC(C)CC(CC(C)C)=NNC(C)(C)C. The van der Waals surface area contributed by atoms with Gasteiger partial charge in [-0.15, -0.1) is 0 Å². The maximum atomic E-state index is 4.54. The van der Waals surface area contributed by atoms with E-state index >= 15 is 0 Å². The molecule has 0 aliphatic heterocycles. The first-order chi connectivity index (χ1) is 6.70. The molecule has 0 atom stereocenters. The van der Waals surface area contributed by atoms with Crippen LogP contribution in [0.1, 0.15) is 61.3 Å². The van der Waals surface area contributed by atoms with Crippen LogP contribution in [0.5, 0.6) is 0 Å². The maximum Gasteiger partial charge on any atom is 0.0464 e. The van der Waals surface area contributed by atoms with Gasteiger partial charge in [0.1, 0.15) is 0 Å². The predicted octanol–water partition coefficient (Wildman–Crippen LogP) is 3.82. The smallest absolute Gasteiger partial charge is 0.0464 e. The summed E-state index contributed by atoms with van der Waals surface area (Å²) in [5.41, 5.74) is 4.59. The summed E-state index contributed by atoms with van der Waals surface area (Å²) >= 11 is 0. The van der Waals surface area contributed by atoms with Crippen LogP contribution in [0, 0.1) is 11.8 Å². The van der Waals surface area contributed by atoms with Crippen LogP contribution in [0.4, 0.5) is 0 Å². The minimum absolute atomic E-state index is 0.0687. The van der Waals surface area contributed by atoms with Crippen molar-refractivity contribution >= 4 is 5.71 Å². The van der Waals surface area contributed by atoms with Gasteiger partial charge in [-0.1, -0.05) is 27.7 Å². The Hall–Kier alpha value is -0.530. The normalized spacial score (nSPS) is 12.1. The highest BCUT2D eigenvalue weighted by atomic mass is 15.3. The van der Waals surface area contributed by atoms with Crippen molar-refractivity contribution in [1.29, 1.82) is 0 Å². The predicted molar refractivity (Wildman–Crippen MR) is 69.2 cm³/mol. The molecule has 0 saturated carbocycles. The fourth-order valence-electron chi connectivity index (χ4n) is 1.36. The van der Waals surface area contributed by atoms with Gasteiger partial charge in [0, 0.05) is 11.3 Å². The van der Waals surface area contributed by atoms with Gasteiger partial charge in [-0.25, -0.2) is 0 Å². The lowest BCUT2D eigenvalue weighted by molar-refractivity contribution is 0.437. The first-order valence-electron chi connectivity index (χ1n) is 6.03. The molecule has 90 valence electrons. The molecule has 0 bridgehead atoms. The molecule has 0 saturated heterocycles. The van der Waals surface area contributed by atoms with Gasteiger partial charge < -0.3 is 5.43 Å². The Kier molecular flexibility index (Phi) is 5.92. The van der Waals surface area contributed by atoms with Crippen LogP contribution in [0.15, 0.2) is 5.10 Å². The first-order valence-corrected chi connectivity index (χ1v) is 6.03. The fraction of sp³-hybridized carbons (Fsp3) is 0.923. The van der Waals surface area contributed by atoms with Gasteiger partial charge in [0.15, 0.2) is 0 Å². The van der Waals surface area contributed by atoms with E-state index in [1.165, 1.54) is 5.71 Å². The zero-order valence-electron chi connectivity index (χ0n) is 11.5. The number of nitrogens with one attached hydrogen (secondary N) is 1. The van der Waals surface area contributed by atoms with Crippen LogP contribution in [-0.4, -0.2) is 11.3 Å². The molecule has 15 heavy (non-hydrogen) atoms. The van der Waals surface area contributed by atoms with Crippen molar-refractivity contribution in [3.63, 3.8) is 0 Å². The van der Waals surface area contributed by atoms with Crippen molar-refractivity contribution in [2.75, 3.05) is 0 Å². The van der Waals surface area contributed by atoms with E-state index in [0.29, 0.717) is 11.8 Å². The van der Waals surface area contributed by atoms with Crippen LogP contribution < -0.4 is 5.43 Å². The van der Waals surface area contributed by atoms with Crippen molar-refractivity contribution in [2.24, 2.45) is 16.9 Å². The summed E-state index contributed by atoms with van der Waals surface area (Å²) in [5, 5.41) is 4.54. The molecular formula is C13H28N2. The average Bonchev–Trinajstić information content (AvgIpc) is 1.96. The van der Waals surface area contributed by atoms with Crippen LogP contribution in [-0.2, 0) is 0 Å². The molecule has 0 rings (SSSR count). The van der Waals surface area contributed by atoms with Crippen LogP contribution in [0.25, 0.3) is 0 Å². The largest absolute Gasteiger partial charge is 0.305 e. The third-order valence-corrected chi connectivity index (χ3v) is 1.84. The van der Waals surface area contributed by atoms with E-state index in [1.54, 1.807) is 0 Å². The highest BCUT2D eigenvalue weighted by molar-refractivity contribution is 5.84. The monoisotopic (exact) mass is 212 g/mol. The highest BCUT2D eigenvalue weighted by Gasteiger charge is 2.10. The molecule has 0 spiro atoms. The number of hydrazone groups is 1. The summed E-state index contributed by atoms with van der Waals surface area (Å²) in [6.07, 6.45) is 2.20. The molecule has 1 N–H and O–H groups in total. The minimum atomic E-state index is 0.0687. The van der Waals surface area contributed by atoms with Crippen molar-refractivity contribution in [1.82, 2.24) is 5.43 Å². The lowest BCUT2D eigenvalue weighted by Gasteiger charge is -2.20. The quantitative estimate of drug-likeness (QED) is 0.543. The Bertz CT molecular complexity index is 185. The fourth-order valence-corrected chi connectivity index (χ4v) is 1.36. The molecule has 0 radical (unpaired) electrons. The van der Waals surface area contributed by atoms with Gasteiger partial charge in [-0.3, -0.25) is 0 Å². The second-order valence-corrected chi connectivity index (χ2v) is 6.24. The third kappa shape index (κ3) is 9.77. The Balaban J connectivity index is 4.34. The summed E-state index contributed by atoms with van der Waals surface area (Å²) < 4.78 is 0. The molecule has 2 nitrogen and oxygen atoms in total. The van der Waals surface area contributed by atoms with E-state index in [1.807, 2.05) is 0 Å². The number of nitrogens with zero attached hydrogens (tertiary/aromatic N) is 1. The molecule has 0 aromatic rings. The summed E-state index contributed by atoms with van der Waals surface area (Å²) in [5.74, 6) is 1.37. The second kappa shape index (κ2) is 6.14. The first kappa shape index (κ1) is 14.5. The van der Waals surface area contributed by atoms with Crippen molar-refractivity contribution in [2.45, 2.75) is 66.8 Å². The molecule has 2 heteroatoms. The highest BCUT2D eigenvalue weighted by Crippen LogP contribution is 2.10. The maximum absolute atomic E-state index is 4.54. The molecule has 0 fully saturated rings. The summed E-state index contributed by atoms with van der Waals surface area (Å²) in [4.78, 5) is 0. The van der Waals surface area contributed by atoms with E-state index < -0.39 is 0 Å². The second-order valence-electron chi connectivity index (χ2n) is 6.24. The lowest BCUT2D eigenvalue weighted by atomic mass is 9.99. The van der Waals surface area contributed by atoms with E-state index in [2.05, 4.69) is 59.0 Å². The summed E-state index contributed by atoms with van der Waals surface area (Å²) in [7, 11) is 0. The van der Waals surface area contributed by atoms with E-state index in [4.69, 9.17) is 0 Å². The van der Waals surface area contributed by atoms with Crippen LogP contribution >= 0.6 is 0 Å². The van der Waals surface area contributed by atoms with Gasteiger partial charge in [-0.05, 0) is 45.4 Å². The molecule has 0 aromatic heterocycles. The van der Waals surface area contributed by atoms with Crippen LogP contribution in [0.2, 0.25) is 0 Å². The molecule has 0 amide bonds. The van der Waals surface area contributed by atoms with Gasteiger partial charge in [0.05, 0.1) is 0 Å². The van der Waals surface area contributed by atoms with Crippen molar-refractivity contribution in [3.05, 3.63) is 0 Å². The van der Waals surface area contributed by atoms with Crippen molar-refractivity contribution in [3.8, 4) is 0 Å². The molecule has 0 heterocycles. The van der Waals surface area contributed by atoms with Crippen molar-refractivity contribution < 1.29 is 0 Å². The Labute approximate surface area is 95.5 Å². The van der Waals surface area contributed by atoms with Gasteiger partial charge >= 0.3 is 0 Å². The van der Waals surface area contributed by atoms with Gasteiger partial charge in [-0.2, -0.15) is 5.10 Å². The van der Waals surface area contributed by atoms with E-state index in [9.17, 15) is 0 Å². The molecule has 0 aliphatic carbocycles. The number of hydrogen-bond donors (Lipinski definition) is 1. The minimum Gasteiger partial charge on any atom is -0.305 e. The zero-order chi connectivity index (χ0) is 12.1. The summed E-state index contributed by atoms with van der Waals surface area (Å²) in [6.45, 7) is 15.4. The number of hydrogen-bond acceptors (Lipinski definition) is 2. The Morgan fingerprint density at radius 3 is 1.67 bits per heavy atom. The zero-order valence-corrected chi connectivity index (χ0v) is 11.5. The van der Waals surface area contributed by atoms with Crippen LogP contribution in [0.3, 0.4) is 0 Å². The third-order valence-electron chi connectivity index (χ3n) is 1.84. The number of rotatable bonds is 5. The van der Waals surface area contributed by atoms with E-state index in [0.717, 1.165) is 12.8 Å². The van der Waals surface area contributed by atoms with Gasteiger partial charge in [0.2, 0.25) is 0 Å². The molecule has 0 aliphatic rings. The standard InChI is InChI=1S/C13H28N2/c1-10(2)8-12(9-11(3)4)14-15-13(5,6)7/h10-11,15H,8-9H2,1-7H3. The Morgan fingerprint density at radius 1 is 1.00 bits per heavy atom. The topological polar surface area (TPSA) is 24.4 Å². The molecule has 0 unspecified atom stereocenters. The molecular weight excluding hydrogens is 184 g/mol. The van der Waals surface area contributed by atoms with E-state index in [-0.39, 0.29) is 5.54 Å². The summed E-state index contributed by atoms with van der Waals surface area (Å²) in [6, 6.07) is 0.